The fourth-order valence-corrected chi connectivity index (χ4v) is 2.78. The number of benzene rings is 1. The number of nitrogens with zero attached hydrogens (tertiary/aromatic N) is 4. The van der Waals surface area contributed by atoms with Gasteiger partial charge in [0.2, 0.25) is 5.95 Å². The average Bonchev–Trinajstić information content (AvgIpc) is 2.67. The Hall–Kier alpha value is -2.70. The van der Waals surface area contributed by atoms with Crippen LogP contribution < -0.4 is 10.2 Å². The lowest BCUT2D eigenvalue weighted by atomic mass is 10.2. The molecule has 0 saturated carbocycles. The summed E-state index contributed by atoms with van der Waals surface area (Å²) in [7, 11) is 0. The van der Waals surface area contributed by atoms with Crippen molar-refractivity contribution in [1.29, 1.82) is 0 Å². The van der Waals surface area contributed by atoms with E-state index in [-0.39, 0.29) is 11.7 Å². The molecule has 1 amide bonds. The van der Waals surface area contributed by atoms with Crippen LogP contribution in [-0.4, -0.2) is 53.5 Å². The molecule has 1 aromatic carbocycles. The van der Waals surface area contributed by atoms with Crippen molar-refractivity contribution < 1.29 is 9.18 Å². The SMILES string of the molecule is CCCNc1nccc(C(=O)N2CCN(c3ccc(F)cc3)CC2)n1. The Morgan fingerprint density at radius 3 is 2.56 bits per heavy atom. The normalized spacial score (nSPS) is 14.5. The minimum atomic E-state index is -0.242. The largest absolute Gasteiger partial charge is 0.368 e. The quantitative estimate of drug-likeness (QED) is 0.903. The van der Waals surface area contributed by atoms with Gasteiger partial charge in [-0.1, -0.05) is 6.92 Å². The van der Waals surface area contributed by atoms with Crippen LogP contribution >= 0.6 is 0 Å². The number of hydrogen-bond donors (Lipinski definition) is 1. The number of halogens is 1. The third-order valence-corrected chi connectivity index (χ3v) is 4.17. The molecule has 25 heavy (non-hydrogen) atoms. The molecule has 1 aliphatic heterocycles. The number of hydrogen-bond acceptors (Lipinski definition) is 5. The Bertz CT molecular complexity index is 714. The molecule has 0 bridgehead atoms. The molecule has 1 saturated heterocycles. The van der Waals surface area contributed by atoms with Gasteiger partial charge in [0, 0.05) is 44.6 Å². The maximum atomic E-state index is 13.0. The summed E-state index contributed by atoms with van der Waals surface area (Å²) in [6.45, 7) is 5.47. The van der Waals surface area contributed by atoms with E-state index in [1.807, 2.05) is 0 Å². The number of anilines is 2. The first-order valence-electron chi connectivity index (χ1n) is 8.54. The summed E-state index contributed by atoms with van der Waals surface area (Å²) >= 11 is 0. The lowest BCUT2D eigenvalue weighted by Gasteiger charge is -2.36. The lowest BCUT2D eigenvalue weighted by molar-refractivity contribution is 0.0741. The lowest BCUT2D eigenvalue weighted by Crippen LogP contribution is -2.49. The van der Waals surface area contributed by atoms with E-state index in [0.717, 1.165) is 18.7 Å². The highest BCUT2D eigenvalue weighted by atomic mass is 19.1. The van der Waals surface area contributed by atoms with Gasteiger partial charge in [-0.05, 0) is 36.8 Å². The fraction of sp³-hybridized carbons (Fsp3) is 0.389. The van der Waals surface area contributed by atoms with Crippen molar-refractivity contribution in [1.82, 2.24) is 14.9 Å². The monoisotopic (exact) mass is 343 g/mol. The maximum Gasteiger partial charge on any atom is 0.272 e. The molecule has 3 rings (SSSR count). The van der Waals surface area contributed by atoms with Crippen molar-refractivity contribution in [2.24, 2.45) is 0 Å². The molecule has 2 aromatic rings. The van der Waals surface area contributed by atoms with E-state index in [2.05, 4.69) is 27.1 Å². The summed E-state index contributed by atoms with van der Waals surface area (Å²) in [5, 5.41) is 3.09. The van der Waals surface area contributed by atoms with Crippen LogP contribution in [0.2, 0.25) is 0 Å². The summed E-state index contributed by atoms with van der Waals surface area (Å²) in [6, 6.07) is 8.09. The van der Waals surface area contributed by atoms with Crippen LogP contribution in [0.5, 0.6) is 0 Å². The van der Waals surface area contributed by atoms with Crippen LogP contribution in [0.3, 0.4) is 0 Å². The summed E-state index contributed by atoms with van der Waals surface area (Å²) in [4.78, 5) is 25.0. The van der Waals surface area contributed by atoms with Crippen molar-refractivity contribution in [3.05, 3.63) is 48.0 Å². The second-order valence-corrected chi connectivity index (χ2v) is 5.95. The van der Waals surface area contributed by atoms with Crippen molar-refractivity contribution in [3.8, 4) is 0 Å². The summed E-state index contributed by atoms with van der Waals surface area (Å²) in [5.41, 5.74) is 1.38. The molecule has 7 heteroatoms. The Balaban J connectivity index is 1.60. The van der Waals surface area contributed by atoms with Crippen LogP contribution in [0.15, 0.2) is 36.5 Å². The Morgan fingerprint density at radius 1 is 1.16 bits per heavy atom. The number of rotatable bonds is 5. The number of amides is 1. The van der Waals surface area contributed by atoms with Crippen molar-refractivity contribution in [2.75, 3.05) is 42.9 Å². The topological polar surface area (TPSA) is 61.4 Å². The molecule has 2 heterocycles. The maximum absolute atomic E-state index is 13.0. The zero-order chi connectivity index (χ0) is 17.6. The van der Waals surface area contributed by atoms with Gasteiger partial charge < -0.3 is 15.1 Å². The van der Waals surface area contributed by atoms with Gasteiger partial charge in [0.1, 0.15) is 11.5 Å². The summed E-state index contributed by atoms with van der Waals surface area (Å²) in [5.74, 6) is 0.159. The van der Waals surface area contributed by atoms with E-state index < -0.39 is 0 Å². The third kappa shape index (κ3) is 4.23. The molecule has 0 radical (unpaired) electrons. The first kappa shape index (κ1) is 17.1. The minimum Gasteiger partial charge on any atom is -0.368 e. The zero-order valence-corrected chi connectivity index (χ0v) is 14.3. The van der Waals surface area contributed by atoms with Crippen LogP contribution in [0.1, 0.15) is 23.8 Å². The van der Waals surface area contributed by atoms with Gasteiger partial charge in [0.05, 0.1) is 0 Å². The fourth-order valence-electron chi connectivity index (χ4n) is 2.78. The number of carbonyl (C=O) groups excluding carboxylic acids is 1. The van der Waals surface area contributed by atoms with Crippen molar-refractivity contribution in [3.63, 3.8) is 0 Å². The first-order valence-corrected chi connectivity index (χ1v) is 8.54. The Morgan fingerprint density at radius 2 is 1.88 bits per heavy atom. The van der Waals surface area contributed by atoms with Crippen LogP contribution in [0, 0.1) is 5.82 Å². The highest BCUT2D eigenvalue weighted by molar-refractivity contribution is 5.92. The van der Waals surface area contributed by atoms with Gasteiger partial charge in [0.25, 0.3) is 5.91 Å². The molecule has 6 nitrogen and oxygen atoms in total. The number of carbonyl (C=O) groups is 1. The standard InChI is InChI=1S/C18H22FN5O/c1-2-8-20-18-21-9-7-16(22-18)17(25)24-12-10-23(11-13-24)15-5-3-14(19)4-6-15/h3-7,9H,2,8,10-13H2,1H3,(H,20,21,22). The van der Waals surface area contributed by atoms with Gasteiger partial charge in [0.15, 0.2) is 0 Å². The van der Waals surface area contributed by atoms with Gasteiger partial charge >= 0.3 is 0 Å². The molecular weight excluding hydrogens is 321 g/mol. The van der Waals surface area contributed by atoms with Gasteiger partial charge in [-0.2, -0.15) is 0 Å². The van der Waals surface area contributed by atoms with E-state index in [4.69, 9.17) is 0 Å². The van der Waals surface area contributed by atoms with Crippen molar-refractivity contribution >= 4 is 17.5 Å². The molecule has 1 aromatic heterocycles. The highest BCUT2D eigenvalue weighted by Gasteiger charge is 2.23. The summed E-state index contributed by atoms with van der Waals surface area (Å²) < 4.78 is 13.0. The molecule has 0 aliphatic carbocycles. The molecule has 1 fully saturated rings. The highest BCUT2D eigenvalue weighted by Crippen LogP contribution is 2.17. The third-order valence-electron chi connectivity index (χ3n) is 4.17. The minimum absolute atomic E-state index is 0.0827. The number of aromatic nitrogens is 2. The summed E-state index contributed by atoms with van der Waals surface area (Å²) in [6.07, 6.45) is 2.57. The van der Waals surface area contributed by atoms with E-state index in [9.17, 15) is 9.18 Å². The van der Waals surface area contributed by atoms with Crippen molar-refractivity contribution in [2.45, 2.75) is 13.3 Å². The molecule has 1 N–H and O–H groups in total. The molecule has 1 aliphatic rings. The zero-order valence-electron chi connectivity index (χ0n) is 14.3. The molecule has 132 valence electrons. The van der Waals surface area contributed by atoms with E-state index in [1.54, 1.807) is 29.3 Å². The number of piperazine rings is 1. The average molecular weight is 343 g/mol. The van der Waals surface area contributed by atoms with Gasteiger partial charge in [-0.3, -0.25) is 4.79 Å². The van der Waals surface area contributed by atoms with E-state index in [0.29, 0.717) is 37.8 Å². The van der Waals surface area contributed by atoms with Crippen LogP contribution in [-0.2, 0) is 0 Å². The predicted octanol–water partition coefficient (Wildman–Crippen LogP) is 2.40. The predicted molar refractivity (Wildman–Crippen MR) is 95.3 cm³/mol. The van der Waals surface area contributed by atoms with E-state index in [1.165, 1.54) is 12.1 Å². The van der Waals surface area contributed by atoms with Gasteiger partial charge in [-0.25, -0.2) is 14.4 Å². The first-order chi connectivity index (χ1) is 12.2. The smallest absolute Gasteiger partial charge is 0.272 e. The molecule has 0 unspecified atom stereocenters. The van der Waals surface area contributed by atoms with Crippen LogP contribution in [0.25, 0.3) is 0 Å². The number of nitrogens with one attached hydrogen (secondary N) is 1. The van der Waals surface area contributed by atoms with Gasteiger partial charge in [-0.15, -0.1) is 0 Å². The second-order valence-electron chi connectivity index (χ2n) is 5.95. The molecule has 0 spiro atoms. The molecule has 0 atom stereocenters. The Labute approximate surface area is 146 Å². The van der Waals surface area contributed by atoms with Crippen LogP contribution in [0.4, 0.5) is 16.0 Å². The Kier molecular flexibility index (Phi) is 5.42. The van der Waals surface area contributed by atoms with E-state index >= 15 is 0 Å². The molecular formula is C18H22FN5O. The second kappa shape index (κ2) is 7.92.